The molecule has 3 fully saturated rings. The summed E-state index contributed by atoms with van der Waals surface area (Å²) >= 11 is 0. The standard InChI is InChI=1S/C13H24O2.C10H20O3.C10H18O3.C4H8.3CH4/c1-8(2)7-12-10(4)9(3)11(5)13(14-6)15-12;2*1-6-7(2)9(5-11)13-10(12-4)8(6)3;1-4(2)3;;;/h7,9-13H,1-6H3;6-11H,5H2,1-4H3;5-10H,1-4H3;1H2,2-3H3;3*1H4/t9-,10+,11?,12?,13-;2*6-,7+,8?,9?,10-;;;;/m000..../s1. The number of aliphatic hydroxyl groups excluding tert-OH is 1. The van der Waals surface area contributed by atoms with E-state index in [1.165, 1.54) is 11.1 Å². The highest BCUT2D eigenvalue weighted by Gasteiger charge is 2.40. The maximum atomic E-state index is 10.7. The van der Waals surface area contributed by atoms with Crippen LogP contribution in [0.3, 0.4) is 0 Å². The van der Waals surface area contributed by atoms with Crippen LogP contribution in [0.25, 0.3) is 0 Å². The van der Waals surface area contributed by atoms with Gasteiger partial charge in [0, 0.05) is 39.1 Å². The van der Waals surface area contributed by atoms with Gasteiger partial charge in [-0.25, -0.2) is 0 Å². The Labute approximate surface area is 298 Å². The van der Waals surface area contributed by atoms with Gasteiger partial charge in [0.2, 0.25) is 0 Å². The zero-order valence-electron chi connectivity index (χ0n) is 31.5. The SMILES string of the molecule is C.C.C.C=C(C)C.CO[C@H]1OC(C=C(C)C)[C@H](C)[C@H](C)C1C.CO[C@H]1OC(C=O)[C@H](C)[C@H](C)C1C.CO[C@H]1OC(CO)[C@H](C)[C@H](C)C1C. The van der Waals surface area contributed by atoms with E-state index < -0.39 is 0 Å². The number of carbonyl (C=O) groups excluding carboxylic acids is 1. The molecular formula is C40H82O8. The number of allylic oxidation sites excluding steroid dienone is 2. The summed E-state index contributed by atoms with van der Waals surface area (Å²) in [5.74, 6) is 4.03. The summed E-state index contributed by atoms with van der Waals surface area (Å²) < 4.78 is 32.8. The molecule has 3 aliphatic heterocycles. The highest BCUT2D eigenvalue weighted by molar-refractivity contribution is 5.56. The Kier molecular flexibility index (Phi) is 29.8. The highest BCUT2D eigenvalue weighted by atomic mass is 16.7. The number of methoxy groups -OCH3 is 3. The lowest BCUT2D eigenvalue weighted by molar-refractivity contribution is -0.244. The third kappa shape index (κ3) is 16.3. The maximum absolute atomic E-state index is 10.7. The molecule has 15 atom stereocenters. The average Bonchev–Trinajstić information content (AvgIpc) is 2.99. The summed E-state index contributed by atoms with van der Waals surface area (Å²) in [5.41, 5.74) is 2.48. The molecule has 8 heteroatoms. The first kappa shape index (κ1) is 53.7. The zero-order chi connectivity index (χ0) is 35.2. The van der Waals surface area contributed by atoms with Gasteiger partial charge in [0.15, 0.2) is 18.9 Å². The normalized spacial score (nSPS) is 38.5. The first-order chi connectivity index (χ1) is 20.9. The number of ether oxygens (including phenoxy) is 6. The molecule has 3 aliphatic rings. The smallest absolute Gasteiger partial charge is 0.160 e. The van der Waals surface area contributed by atoms with Crippen molar-refractivity contribution in [3.63, 3.8) is 0 Å². The van der Waals surface area contributed by atoms with E-state index in [1.54, 1.807) is 21.3 Å². The second-order valence-electron chi connectivity index (χ2n) is 14.2. The zero-order valence-corrected chi connectivity index (χ0v) is 31.5. The average molecular weight is 691 g/mol. The maximum Gasteiger partial charge on any atom is 0.160 e. The molecule has 6 unspecified atom stereocenters. The fourth-order valence-corrected chi connectivity index (χ4v) is 6.04. The Balaban J connectivity index is -0.000000278. The molecule has 0 saturated carbocycles. The largest absolute Gasteiger partial charge is 0.394 e. The molecule has 0 radical (unpaired) electrons. The summed E-state index contributed by atoms with van der Waals surface area (Å²) in [7, 11) is 4.99. The number of carbonyl (C=O) groups is 1. The molecule has 0 aromatic carbocycles. The van der Waals surface area contributed by atoms with Crippen molar-refractivity contribution in [2.24, 2.45) is 53.3 Å². The first-order valence-electron chi connectivity index (χ1n) is 16.8. The third-order valence-corrected chi connectivity index (χ3v) is 10.3. The van der Waals surface area contributed by atoms with Crippen molar-refractivity contribution in [1.29, 1.82) is 0 Å². The Morgan fingerprint density at radius 2 is 0.896 bits per heavy atom. The minimum Gasteiger partial charge on any atom is -0.394 e. The fraction of sp³-hybridized carbons (Fsp3) is 0.875. The van der Waals surface area contributed by atoms with Crippen LogP contribution in [0.4, 0.5) is 0 Å². The van der Waals surface area contributed by atoms with Crippen LogP contribution in [0.5, 0.6) is 0 Å². The van der Waals surface area contributed by atoms with Crippen molar-refractivity contribution in [3.05, 3.63) is 23.8 Å². The molecule has 48 heavy (non-hydrogen) atoms. The molecule has 0 bridgehead atoms. The van der Waals surface area contributed by atoms with Crippen molar-refractivity contribution in [1.82, 2.24) is 0 Å². The molecule has 0 aliphatic carbocycles. The van der Waals surface area contributed by atoms with Crippen LogP contribution in [0, 0.1) is 53.3 Å². The van der Waals surface area contributed by atoms with Crippen LogP contribution < -0.4 is 0 Å². The van der Waals surface area contributed by atoms with Gasteiger partial charge in [-0.1, -0.05) is 102 Å². The second-order valence-corrected chi connectivity index (χ2v) is 14.2. The molecule has 3 saturated heterocycles. The van der Waals surface area contributed by atoms with E-state index in [-0.39, 0.29) is 72.0 Å². The number of aldehydes is 1. The Bertz CT molecular complexity index is 830. The monoisotopic (exact) mass is 691 g/mol. The van der Waals surface area contributed by atoms with E-state index in [0.29, 0.717) is 47.3 Å². The first-order valence-corrected chi connectivity index (χ1v) is 16.8. The number of rotatable bonds is 6. The van der Waals surface area contributed by atoms with Crippen molar-refractivity contribution < 1.29 is 38.3 Å². The van der Waals surface area contributed by atoms with Gasteiger partial charge in [0.1, 0.15) is 12.4 Å². The van der Waals surface area contributed by atoms with Gasteiger partial charge >= 0.3 is 0 Å². The minimum atomic E-state index is -0.309. The van der Waals surface area contributed by atoms with Gasteiger partial charge in [-0.05, 0) is 63.2 Å². The van der Waals surface area contributed by atoms with E-state index >= 15 is 0 Å². The molecule has 0 spiro atoms. The van der Waals surface area contributed by atoms with Crippen molar-refractivity contribution in [2.45, 2.75) is 149 Å². The molecule has 0 amide bonds. The topological polar surface area (TPSA) is 92.7 Å². The van der Waals surface area contributed by atoms with Gasteiger partial charge < -0.3 is 38.3 Å². The number of hydrogen-bond donors (Lipinski definition) is 1. The Morgan fingerprint density at radius 3 is 1.21 bits per heavy atom. The van der Waals surface area contributed by atoms with Gasteiger partial charge in [0.25, 0.3) is 0 Å². The lowest BCUT2D eigenvalue weighted by Crippen LogP contribution is -2.46. The van der Waals surface area contributed by atoms with E-state index in [0.717, 1.165) is 6.29 Å². The molecule has 290 valence electrons. The fourth-order valence-electron chi connectivity index (χ4n) is 6.04. The summed E-state index contributed by atoms with van der Waals surface area (Å²) in [6, 6.07) is 0. The van der Waals surface area contributed by atoms with Crippen molar-refractivity contribution in [3.8, 4) is 0 Å². The molecule has 3 heterocycles. The second kappa shape index (κ2) is 26.6. The molecule has 0 aromatic heterocycles. The summed E-state index contributed by atoms with van der Waals surface area (Å²) in [4.78, 5) is 10.7. The van der Waals surface area contributed by atoms with Gasteiger partial charge in [-0.3, -0.25) is 0 Å². The molecular weight excluding hydrogens is 608 g/mol. The van der Waals surface area contributed by atoms with Crippen molar-refractivity contribution in [2.75, 3.05) is 27.9 Å². The van der Waals surface area contributed by atoms with Crippen LogP contribution >= 0.6 is 0 Å². The van der Waals surface area contributed by atoms with Crippen molar-refractivity contribution >= 4 is 6.29 Å². The Hall–Kier alpha value is -1.13. The highest BCUT2D eigenvalue weighted by Crippen LogP contribution is 2.37. The van der Waals surface area contributed by atoms with Crippen LogP contribution in [0.1, 0.15) is 112 Å². The summed E-state index contributed by atoms with van der Waals surface area (Å²) in [5, 5.41) is 9.10. The lowest BCUT2D eigenvalue weighted by Gasteiger charge is -2.42. The predicted molar refractivity (Wildman–Crippen MR) is 203 cm³/mol. The van der Waals surface area contributed by atoms with Gasteiger partial charge in [-0.15, -0.1) is 6.58 Å². The molecule has 1 N–H and O–H groups in total. The van der Waals surface area contributed by atoms with Gasteiger partial charge in [-0.2, -0.15) is 0 Å². The summed E-state index contributed by atoms with van der Waals surface area (Å²) in [6.07, 6.45) is 2.44. The van der Waals surface area contributed by atoms with Crippen LogP contribution in [-0.4, -0.2) is 76.5 Å². The Morgan fingerprint density at radius 1 is 0.583 bits per heavy atom. The number of aliphatic hydroxyl groups is 1. The van der Waals surface area contributed by atoms with E-state index in [1.807, 2.05) is 20.8 Å². The lowest BCUT2D eigenvalue weighted by atomic mass is 9.78. The van der Waals surface area contributed by atoms with Crippen LogP contribution in [0.15, 0.2) is 23.8 Å². The predicted octanol–water partition coefficient (Wildman–Crippen LogP) is 9.45. The minimum absolute atomic E-state index is 0. The van der Waals surface area contributed by atoms with Crippen LogP contribution in [0.2, 0.25) is 0 Å². The number of hydrogen-bond acceptors (Lipinski definition) is 8. The van der Waals surface area contributed by atoms with Gasteiger partial charge in [0.05, 0.1) is 18.8 Å². The van der Waals surface area contributed by atoms with E-state index in [9.17, 15) is 4.79 Å². The molecule has 3 rings (SSSR count). The van der Waals surface area contributed by atoms with Crippen LogP contribution in [-0.2, 0) is 33.2 Å². The third-order valence-electron chi connectivity index (χ3n) is 10.3. The molecule has 8 nitrogen and oxygen atoms in total. The van der Waals surface area contributed by atoms with E-state index in [4.69, 9.17) is 33.5 Å². The molecule has 0 aromatic rings. The summed E-state index contributed by atoms with van der Waals surface area (Å²) in [6.45, 7) is 31.3. The quantitative estimate of drug-likeness (QED) is 0.218. The van der Waals surface area contributed by atoms with E-state index in [2.05, 4.69) is 81.9 Å².